The van der Waals surface area contributed by atoms with Crippen LogP contribution in [0.1, 0.15) is 20.3 Å². The van der Waals surface area contributed by atoms with Crippen LogP contribution in [-0.4, -0.2) is 36.4 Å². The van der Waals surface area contributed by atoms with Crippen molar-refractivity contribution in [3.05, 3.63) is 0 Å². The van der Waals surface area contributed by atoms with Crippen LogP contribution in [-0.2, 0) is 4.79 Å². The smallest absolute Gasteiger partial charge is 0.191 e. The molecule has 0 amide bonds. The Balaban J connectivity index is 3.26. The van der Waals surface area contributed by atoms with E-state index in [1.807, 2.05) is 13.8 Å². The van der Waals surface area contributed by atoms with Gasteiger partial charge in [-0.1, -0.05) is 25.6 Å². The fourth-order valence-corrected chi connectivity index (χ4v) is 1.53. The SMILES string of the molecule is CC(C)C(=O)SCCCN(C)C. The second-order valence-electron chi connectivity index (χ2n) is 3.48. The van der Waals surface area contributed by atoms with E-state index >= 15 is 0 Å². The van der Waals surface area contributed by atoms with E-state index in [2.05, 4.69) is 19.0 Å². The quantitative estimate of drug-likeness (QED) is 0.616. The molecular formula is C9H19NOS. The van der Waals surface area contributed by atoms with E-state index in [9.17, 15) is 4.79 Å². The monoisotopic (exact) mass is 189 g/mol. The van der Waals surface area contributed by atoms with E-state index in [-0.39, 0.29) is 5.92 Å². The third-order valence-electron chi connectivity index (χ3n) is 1.47. The van der Waals surface area contributed by atoms with Gasteiger partial charge < -0.3 is 4.90 Å². The summed E-state index contributed by atoms with van der Waals surface area (Å²) >= 11 is 1.46. The predicted molar refractivity (Wildman–Crippen MR) is 55.5 cm³/mol. The number of hydrogen-bond acceptors (Lipinski definition) is 3. The molecule has 3 heteroatoms. The summed E-state index contributed by atoms with van der Waals surface area (Å²) in [6, 6.07) is 0. The number of thioether (sulfide) groups is 1. The molecule has 0 unspecified atom stereocenters. The van der Waals surface area contributed by atoms with Crippen molar-refractivity contribution in [2.75, 3.05) is 26.4 Å². The maximum atomic E-state index is 11.1. The van der Waals surface area contributed by atoms with E-state index in [0.29, 0.717) is 5.12 Å². The lowest BCUT2D eigenvalue weighted by molar-refractivity contribution is -0.113. The van der Waals surface area contributed by atoms with Gasteiger partial charge in [-0.05, 0) is 27.1 Å². The van der Waals surface area contributed by atoms with Crippen molar-refractivity contribution in [2.45, 2.75) is 20.3 Å². The zero-order valence-electron chi connectivity index (χ0n) is 8.46. The number of nitrogens with zero attached hydrogens (tertiary/aromatic N) is 1. The first-order valence-electron chi connectivity index (χ1n) is 4.35. The van der Waals surface area contributed by atoms with Gasteiger partial charge in [0.15, 0.2) is 5.12 Å². The van der Waals surface area contributed by atoms with Crippen molar-refractivity contribution in [2.24, 2.45) is 5.92 Å². The molecule has 72 valence electrons. The zero-order chi connectivity index (χ0) is 9.56. The van der Waals surface area contributed by atoms with Crippen LogP contribution in [0.4, 0.5) is 0 Å². The third kappa shape index (κ3) is 6.68. The van der Waals surface area contributed by atoms with E-state index < -0.39 is 0 Å². The lowest BCUT2D eigenvalue weighted by Crippen LogP contribution is -2.14. The Labute approximate surface area is 79.7 Å². The number of hydrogen-bond donors (Lipinski definition) is 0. The summed E-state index contributed by atoms with van der Waals surface area (Å²) in [7, 11) is 4.10. The van der Waals surface area contributed by atoms with Crippen molar-refractivity contribution < 1.29 is 4.79 Å². The minimum atomic E-state index is 0.175. The normalized spacial score (nSPS) is 11.2. The second-order valence-corrected chi connectivity index (χ2v) is 4.58. The zero-order valence-corrected chi connectivity index (χ0v) is 9.28. The Hall–Kier alpha value is -0.0200. The highest BCUT2D eigenvalue weighted by atomic mass is 32.2. The van der Waals surface area contributed by atoms with E-state index in [1.54, 1.807) is 0 Å². The van der Waals surface area contributed by atoms with Crippen LogP contribution in [0.3, 0.4) is 0 Å². The standard InChI is InChI=1S/C9H19NOS/c1-8(2)9(11)12-7-5-6-10(3)4/h8H,5-7H2,1-4H3. The molecule has 12 heavy (non-hydrogen) atoms. The van der Waals surface area contributed by atoms with Gasteiger partial charge in [-0.15, -0.1) is 0 Å². The van der Waals surface area contributed by atoms with Crippen LogP contribution in [0.15, 0.2) is 0 Å². The van der Waals surface area contributed by atoms with Crippen LogP contribution in [0.25, 0.3) is 0 Å². The highest BCUT2D eigenvalue weighted by Crippen LogP contribution is 2.11. The summed E-state index contributed by atoms with van der Waals surface area (Å²) in [6.07, 6.45) is 1.09. The van der Waals surface area contributed by atoms with E-state index in [0.717, 1.165) is 18.7 Å². The summed E-state index contributed by atoms with van der Waals surface area (Å²) in [6.45, 7) is 4.96. The van der Waals surface area contributed by atoms with Crippen molar-refractivity contribution in [1.29, 1.82) is 0 Å². The molecular weight excluding hydrogens is 170 g/mol. The molecule has 0 heterocycles. The Kier molecular flexibility index (Phi) is 6.48. The molecule has 0 atom stereocenters. The fourth-order valence-electron chi connectivity index (χ4n) is 0.720. The average molecular weight is 189 g/mol. The summed E-state index contributed by atoms with van der Waals surface area (Å²) in [5.41, 5.74) is 0. The van der Waals surface area contributed by atoms with Crippen LogP contribution in [0.2, 0.25) is 0 Å². The first-order valence-corrected chi connectivity index (χ1v) is 5.34. The summed E-state index contributed by atoms with van der Waals surface area (Å²) in [5.74, 6) is 1.13. The topological polar surface area (TPSA) is 20.3 Å². The molecule has 0 bridgehead atoms. The third-order valence-corrected chi connectivity index (χ3v) is 2.71. The summed E-state index contributed by atoms with van der Waals surface area (Å²) in [4.78, 5) is 13.3. The molecule has 0 aromatic carbocycles. The van der Waals surface area contributed by atoms with Gasteiger partial charge in [0.1, 0.15) is 0 Å². The molecule has 0 aliphatic carbocycles. The van der Waals surface area contributed by atoms with Crippen LogP contribution < -0.4 is 0 Å². The van der Waals surface area contributed by atoms with E-state index in [1.165, 1.54) is 11.8 Å². The molecule has 0 rings (SSSR count). The van der Waals surface area contributed by atoms with Crippen molar-refractivity contribution in [1.82, 2.24) is 4.90 Å². The molecule has 0 aromatic rings. The largest absolute Gasteiger partial charge is 0.309 e. The summed E-state index contributed by atoms with van der Waals surface area (Å²) < 4.78 is 0. The first-order chi connectivity index (χ1) is 5.54. The lowest BCUT2D eigenvalue weighted by Gasteiger charge is -2.08. The Morgan fingerprint density at radius 1 is 1.42 bits per heavy atom. The molecule has 0 radical (unpaired) electrons. The van der Waals surface area contributed by atoms with Gasteiger partial charge in [-0.3, -0.25) is 4.79 Å². The van der Waals surface area contributed by atoms with Gasteiger partial charge >= 0.3 is 0 Å². The lowest BCUT2D eigenvalue weighted by atomic mass is 10.3. The highest BCUT2D eigenvalue weighted by Gasteiger charge is 2.06. The molecule has 0 aliphatic rings. The maximum Gasteiger partial charge on any atom is 0.191 e. The van der Waals surface area contributed by atoms with E-state index in [4.69, 9.17) is 0 Å². The van der Waals surface area contributed by atoms with Gasteiger partial charge in [0, 0.05) is 11.7 Å². The van der Waals surface area contributed by atoms with Crippen molar-refractivity contribution >= 4 is 16.9 Å². The van der Waals surface area contributed by atoms with Gasteiger partial charge in [0.05, 0.1) is 0 Å². The molecule has 0 fully saturated rings. The molecule has 2 nitrogen and oxygen atoms in total. The number of carbonyl (C=O) groups is 1. The Bertz CT molecular complexity index is 134. The number of rotatable bonds is 5. The summed E-state index contributed by atoms with van der Waals surface area (Å²) in [5, 5.41) is 0.314. The van der Waals surface area contributed by atoms with Crippen LogP contribution in [0, 0.1) is 5.92 Å². The van der Waals surface area contributed by atoms with Gasteiger partial charge in [0.25, 0.3) is 0 Å². The highest BCUT2D eigenvalue weighted by molar-refractivity contribution is 8.13. The molecule has 0 spiro atoms. The Morgan fingerprint density at radius 2 is 2.00 bits per heavy atom. The number of carbonyl (C=O) groups excluding carboxylic acids is 1. The van der Waals surface area contributed by atoms with Crippen molar-refractivity contribution in [3.8, 4) is 0 Å². The second kappa shape index (κ2) is 6.49. The predicted octanol–water partition coefficient (Wildman–Crippen LogP) is 1.85. The maximum absolute atomic E-state index is 11.1. The minimum absolute atomic E-state index is 0.175. The van der Waals surface area contributed by atoms with Gasteiger partial charge in [0.2, 0.25) is 0 Å². The Morgan fingerprint density at radius 3 is 2.42 bits per heavy atom. The first kappa shape index (κ1) is 12.0. The minimum Gasteiger partial charge on any atom is -0.309 e. The molecule has 0 aliphatic heterocycles. The molecule has 0 saturated heterocycles. The van der Waals surface area contributed by atoms with Crippen LogP contribution in [0.5, 0.6) is 0 Å². The van der Waals surface area contributed by atoms with Gasteiger partial charge in [-0.2, -0.15) is 0 Å². The van der Waals surface area contributed by atoms with Gasteiger partial charge in [-0.25, -0.2) is 0 Å². The van der Waals surface area contributed by atoms with Crippen LogP contribution >= 0.6 is 11.8 Å². The van der Waals surface area contributed by atoms with Crippen molar-refractivity contribution in [3.63, 3.8) is 0 Å². The average Bonchev–Trinajstić information content (AvgIpc) is 1.97. The fraction of sp³-hybridized carbons (Fsp3) is 0.889. The molecule has 0 saturated carbocycles. The molecule has 0 aromatic heterocycles. The molecule has 0 N–H and O–H groups in total.